The van der Waals surface area contributed by atoms with Gasteiger partial charge < -0.3 is 0 Å². The Morgan fingerprint density at radius 1 is 1.44 bits per heavy atom. The first-order chi connectivity index (χ1) is 4.11. The van der Waals surface area contributed by atoms with Gasteiger partial charge in [0.25, 0.3) is 0 Å². The van der Waals surface area contributed by atoms with Crippen LogP contribution in [-0.2, 0) is 8.37 Å². The molecule has 0 N–H and O–H groups in total. The molecule has 0 spiro atoms. The van der Waals surface area contributed by atoms with E-state index in [0.717, 1.165) is 12.3 Å². The zero-order valence-corrected chi connectivity index (χ0v) is 6.83. The molecule has 0 aliphatic carbocycles. The van der Waals surface area contributed by atoms with Gasteiger partial charge in [-0.25, -0.2) is 0 Å². The van der Waals surface area contributed by atoms with E-state index in [0.29, 0.717) is 6.61 Å². The zero-order valence-electron chi connectivity index (χ0n) is 6.01. The van der Waals surface area contributed by atoms with Crippen LogP contribution in [0.15, 0.2) is 0 Å². The van der Waals surface area contributed by atoms with Crippen molar-refractivity contribution in [3.05, 3.63) is 0 Å². The van der Waals surface area contributed by atoms with E-state index in [4.69, 9.17) is 8.37 Å². The average molecular weight is 148 g/mol. The van der Waals surface area contributed by atoms with E-state index >= 15 is 0 Å². The van der Waals surface area contributed by atoms with Crippen molar-refractivity contribution in [1.29, 1.82) is 0 Å². The fourth-order valence-corrected chi connectivity index (χ4v) is 1.26. The number of hydrogen-bond acceptors (Lipinski definition) is 3. The molecular weight excluding hydrogens is 136 g/mol. The molecule has 0 radical (unpaired) electrons. The summed E-state index contributed by atoms with van der Waals surface area (Å²) in [6.45, 7) is 7.15. The van der Waals surface area contributed by atoms with Gasteiger partial charge in [0.2, 0.25) is 0 Å². The Hall–Kier alpha value is 0.270. The van der Waals surface area contributed by atoms with Crippen molar-refractivity contribution in [1.82, 2.24) is 0 Å². The normalized spacial score (nSPS) is 29.0. The Morgan fingerprint density at radius 3 is 2.33 bits per heavy atom. The van der Waals surface area contributed by atoms with Crippen molar-refractivity contribution < 1.29 is 8.37 Å². The Balaban J connectivity index is 2.42. The predicted octanol–water partition coefficient (Wildman–Crippen LogP) is 2.01. The molecule has 0 aromatic heterocycles. The van der Waals surface area contributed by atoms with Gasteiger partial charge in [0.15, 0.2) is 12.3 Å². The molecule has 0 saturated carbocycles. The van der Waals surface area contributed by atoms with E-state index in [1.165, 1.54) is 0 Å². The Morgan fingerprint density at radius 2 is 2.11 bits per heavy atom. The van der Waals surface area contributed by atoms with Gasteiger partial charge in [-0.15, -0.1) is 0 Å². The summed E-state index contributed by atoms with van der Waals surface area (Å²) >= 11 is 1.11. The van der Waals surface area contributed by atoms with Gasteiger partial charge in [-0.2, -0.15) is 0 Å². The predicted molar refractivity (Wildman–Crippen MR) is 37.9 cm³/mol. The van der Waals surface area contributed by atoms with Gasteiger partial charge in [0.1, 0.15) is 6.10 Å². The second kappa shape index (κ2) is 2.48. The second-order valence-electron chi connectivity index (χ2n) is 3.30. The van der Waals surface area contributed by atoms with Crippen LogP contribution in [0.2, 0.25) is 0 Å². The summed E-state index contributed by atoms with van der Waals surface area (Å²) in [6, 6.07) is 0. The van der Waals surface area contributed by atoms with E-state index in [9.17, 15) is 0 Å². The van der Waals surface area contributed by atoms with E-state index in [2.05, 4.69) is 20.8 Å². The van der Waals surface area contributed by atoms with Crippen LogP contribution in [0.1, 0.15) is 20.8 Å². The maximum absolute atomic E-state index is 5.21. The highest BCUT2D eigenvalue weighted by Gasteiger charge is 2.30. The maximum Gasteiger partial charge on any atom is 0.159 e. The van der Waals surface area contributed by atoms with E-state index < -0.39 is 0 Å². The summed E-state index contributed by atoms with van der Waals surface area (Å²) in [5.41, 5.74) is 0.212. The molecule has 0 aromatic carbocycles. The van der Waals surface area contributed by atoms with Crippen molar-refractivity contribution >= 4 is 12.3 Å². The molecule has 1 heterocycles. The molecule has 2 nitrogen and oxygen atoms in total. The lowest BCUT2D eigenvalue weighted by Gasteiger charge is -2.22. The summed E-state index contributed by atoms with van der Waals surface area (Å²) < 4.78 is 10.2. The van der Waals surface area contributed by atoms with Crippen LogP contribution in [0.3, 0.4) is 0 Å². The quantitative estimate of drug-likeness (QED) is 0.489. The maximum atomic E-state index is 5.21. The summed E-state index contributed by atoms with van der Waals surface area (Å²) in [5.74, 6) is 0. The highest BCUT2D eigenvalue weighted by molar-refractivity contribution is 7.90. The zero-order chi connectivity index (χ0) is 6.91. The summed E-state index contributed by atoms with van der Waals surface area (Å²) in [6.07, 6.45) is 0.252. The lowest BCUT2D eigenvalue weighted by atomic mass is 9.90. The molecule has 0 unspecified atom stereocenters. The first-order valence-corrected chi connectivity index (χ1v) is 3.72. The summed E-state index contributed by atoms with van der Waals surface area (Å²) in [5, 5.41) is 0. The molecule has 1 saturated heterocycles. The Labute approximate surface area is 60.3 Å². The molecule has 1 rings (SSSR count). The van der Waals surface area contributed by atoms with E-state index in [-0.39, 0.29) is 11.5 Å². The van der Waals surface area contributed by atoms with Crippen LogP contribution in [0.25, 0.3) is 0 Å². The van der Waals surface area contributed by atoms with Gasteiger partial charge in [0.05, 0.1) is 6.61 Å². The fourth-order valence-electron chi connectivity index (χ4n) is 0.587. The van der Waals surface area contributed by atoms with Crippen LogP contribution < -0.4 is 0 Å². The van der Waals surface area contributed by atoms with Crippen LogP contribution in [0.4, 0.5) is 0 Å². The van der Waals surface area contributed by atoms with Crippen LogP contribution in [0.5, 0.6) is 0 Å². The Bertz CT molecular complexity index is 91.7. The van der Waals surface area contributed by atoms with Gasteiger partial charge in [-0.05, 0) is 5.41 Å². The van der Waals surface area contributed by atoms with Gasteiger partial charge in [0, 0.05) is 0 Å². The van der Waals surface area contributed by atoms with Crippen molar-refractivity contribution in [2.75, 3.05) is 6.61 Å². The van der Waals surface area contributed by atoms with Gasteiger partial charge >= 0.3 is 0 Å². The molecule has 1 fully saturated rings. The molecule has 9 heavy (non-hydrogen) atoms. The van der Waals surface area contributed by atoms with Gasteiger partial charge in [-0.3, -0.25) is 8.37 Å². The summed E-state index contributed by atoms with van der Waals surface area (Å²) in [4.78, 5) is 0. The molecular formula is C6H12O2S. The molecule has 0 amide bonds. The first-order valence-electron chi connectivity index (χ1n) is 3.05. The minimum Gasteiger partial charge on any atom is -0.289 e. The average Bonchev–Trinajstić information content (AvgIpc) is 2.08. The molecule has 54 valence electrons. The third-order valence-electron chi connectivity index (χ3n) is 1.39. The van der Waals surface area contributed by atoms with E-state index in [1.54, 1.807) is 0 Å². The van der Waals surface area contributed by atoms with Crippen molar-refractivity contribution in [3.63, 3.8) is 0 Å². The van der Waals surface area contributed by atoms with Crippen molar-refractivity contribution in [2.45, 2.75) is 26.9 Å². The minimum absolute atomic E-state index is 0.212. The summed E-state index contributed by atoms with van der Waals surface area (Å²) in [7, 11) is 0. The molecule has 1 atom stereocenters. The third-order valence-corrected chi connectivity index (χ3v) is 1.93. The van der Waals surface area contributed by atoms with Crippen molar-refractivity contribution in [2.24, 2.45) is 5.41 Å². The standard InChI is InChI=1S/C6H12O2S/c1-6(2,3)5-4-7-9-8-5/h5H,4H2,1-3H3/t5-/m1/s1. The highest BCUT2D eigenvalue weighted by atomic mass is 32.2. The third kappa shape index (κ3) is 1.85. The number of rotatable bonds is 0. The molecule has 0 aromatic rings. The second-order valence-corrected chi connectivity index (χ2v) is 3.87. The Kier molecular flexibility index (Phi) is 2.03. The minimum atomic E-state index is 0.212. The molecule has 1 aliphatic rings. The molecule has 1 aliphatic heterocycles. The van der Waals surface area contributed by atoms with Crippen LogP contribution >= 0.6 is 12.3 Å². The molecule has 3 heteroatoms. The van der Waals surface area contributed by atoms with Crippen molar-refractivity contribution in [3.8, 4) is 0 Å². The SMILES string of the molecule is CC(C)(C)[C@H]1COSO1. The lowest BCUT2D eigenvalue weighted by molar-refractivity contribution is 0.113. The first kappa shape index (κ1) is 7.38. The molecule has 0 bridgehead atoms. The monoisotopic (exact) mass is 148 g/mol. The van der Waals surface area contributed by atoms with E-state index in [1.807, 2.05) is 0 Å². The van der Waals surface area contributed by atoms with Crippen LogP contribution in [0, 0.1) is 5.41 Å². The smallest absolute Gasteiger partial charge is 0.159 e. The lowest BCUT2D eigenvalue weighted by Crippen LogP contribution is -2.27. The largest absolute Gasteiger partial charge is 0.289 e. The fraction of sp³-hybridized carbons (Fsp3) is 1.00. The highest BCUT2D eigenvalue weighted by Crippen LogP contribution is 2.31. The topological polar surface area (TPSA) is 18.5 Å². The number of hydrogen-bond donors (Lipinski definition) is 0. The van der Waals surface area contributed by atoms with Crippen LogP contribution in [-0.4, -0.2) is 12.7 Å². The van der Waals surface area contributed by atoms with Gasteiger partial charge in [-0.1, -0.05) is 20.8 Å².